The number of amides is 1. The first kappa shape index (κ1) is 14.0. The van der Waals surface area contributed by atoms with Gasteiger partial charge in [-0.1, -0.05) is 0 Å². The van der Waals surface area contributed by atoms with Crippen molar-refractivity contribution in [3.8, 4) is 0 Å². The Morgan fingerprint density at radius 3 is 2.41 bits per heavy atom. The van der Waals surface area contributed by atoms with E-state index < -0.39 is 11.5 Å². The number of hydrogen-bond acceptors (Lipinski definition) is 3. The minimum Gasteiger partial charge on any atom is -0.480 e. The minimum atomic E-state index is -1.17. The standard InChI is InChI=1S/C12H21NO4/c1-5-13(12(3,4)11(15)16)10(14)9-6-8(2)17-7-9/h8-9H,5-7H2,1-4H3,(H,15,16). The summed E-state index contributed by atoms with van der Waals surface area (Å²) >= 11 is 0. The van der Waals surface area contributed by atoms with Crippen molar-refractivity contribution in [1.82, 2.24) is 4.90 Å². The molecule has 1 aliphatic heterocycles. The molecule has 2 atom stereocenters. The third-order valence-corrected chi connectivity index (χ3v) is 3.33. The molecule has 2 unspecified atom stereocenters. The number of carbonyl (C=O) groups excluding carboxylic acids is 1. The highest BCUT2D eigenvalue weighted by atomic mass is 16.5. The van der Waals surface area contributed by atoms with Crippen LogP contribution in [0.25, 0.3) is 0 Å². The Hall–Kier alpha value is -1.10. The number of rotatable bonds is 4. The van der Waals surface area contributed by atoms with E-state index >= 15 is 0 Å². The minimum absolute atomic E-state index is 0.0793. The highest BCUT2D eigenvalue weighted by Gasteiger charge is 2.41. The third kappa shape index (κ3) is 2.77. The number of likely N-dealkylation sites (N-methyl/N-ethyl adjacent to an activating group) is 1. The van der Waals surface area contributed by atoms with Gasteiger partial charge >= 0.3 is 5.97 Å². The molecule has 0 bridgehead atoms. The summed E-state index contributed by atoms with van der Waals surface area (Å²) in [5.41, 5.74) is -1.17. The molecule has 1 rings (SSSR count). The van der Waals surface area contributed by atoms with E-state index in [4.69, 9.17) is 9.84 Å². The number of carbonyl (C=O) groups is 2. The van der Waals surface area contributed by atoms with Gasteiger partial charge in [0.05, 0.1) is 18.6 Å². The van der Waals surface area contributed by atoms with E-state index in [9.17, 15) is 9.59 Å². The Bertz CT molecular complexity index is 314. The van der Waals surface area contributed by atoms with E-state index in [2.05, 4.69) is 0 Å². The fraction of sp³-hybridized carbons (Fsp3) is 0.833. The summed E-state index contributed by atoms with van der Waals surface area (Å²) in [6, 6.07) is 0. The van der Waals surface area contributed by atoms with E-state index in [1.807, 2.05) is 6.92 Å². The maximum atomic E-state index is 12.3. The molecule has 17 heavy (non-hydrogen) atoms. The van der Waals surface area contributed by atoms with Gasteiger partial charge in [-0.15, -0.1) is 0 Å². The van der Waals surface area contributed by atoms with Crippen molar-refractivity contribution in [2.45, 2.75) is 45.8 Å². The van der Waals surface area contributed by atoms with E-state index in [0.717, 1.165) is 0 Å². The molecule has 1 fully saturated rings. The summed E-state index contributed by atoms with van der Waals surface area (Å²) in [5.74, 6) is -1.31. The van der Waals surface area contributed by atoms with Crippen LogP contribution in [0.5, 0.6) is 0 Å². The van der Waals surface area contributed by atoms with Crippen LogP contribution in [-0.4, -0.2) is 46.7 Å². The maximum Gasteiger partial charge on any atom is 0.329 e. The average molecular weight is 243 g/mol. The molecule has 5 heteroatoms. The normalized spacial score (nSPS) is 24.7. The van der Waals surface area contributed by atoms with E-state index in [0.29, 0.717) is 19.6 Å². The molecule has 0 aromatic carbocycles. The van der Waals surface area contributed by atoms with Gasteiger partial charge in [-0.3, -0.25) is 4.79 Å². The molecule has 5 nitrogen and oxygen atoms in total. The molecule has 0 radical (unpaired) electrons. The number of carboxylic acid groups (broad SMARTS) is 1. The zero-order valence-corrected chi connectivity index (χ0v) is 10.9. The predicted molar refractivity (Wildman–Crippen MR) is 62.6 cm³/mol. The van der Waals surface area contributed by atoms with Gasteiger partial charge in [0.2, 0.25) is 5.91 Å². The Morgan fingerprint density at radius 2 is 2.06 bits per heavy atom. The lowest BCUT2D eigenvalue weighted by molar-refractivity contribution is -0.158. The Morgan fingerprint density at radius 1 is 1.47 bits per heavy atom. The fourth-order valence-electron chi connectivity index (χ4n) is 2.15. The van der Waals surface area contributed by atoms with Gasteiger partial charge in [0.1, 0.15) is 5.54 Å². The second-order valence-corrected chi connectivity index (χ2v) is 5.02. The van der Waals surface area contributed by atoms with Crippen molar-refractivity contribution in [2.24, 2.45) is 5.92 Å². The molecule has 0 spiro atoms. The molecule has 1 heterocycles. The first-order valence-corrected chi connectivity index (χ1v) is 5.97. The molecule has 0 aromatic heterocycles. The van der Waals surface area contributed by atoms with Gasteiger partial charge in [0.25, 0.3) is 0 Å². The SMILES string of the molecule is CCN(C(=O)C1COC(C)C1)C(C)(C)C(=O)O. The van der Waals surface area contributed by atoms with Crippen LogP contribution in [0.3, 0.4) is 0 Å². The molecule has 0 aliphatic carbocycles. The van der Waals surface area contributed by atoms with Crippen LogP contribution in [0.15, 0.2) is 0 Å². The number of hydrogen-bond donors (Lipinski definition) is 1. The average Bonchev–Trinajstić information content (AvgIpc) is 2.65. The van der Waals surface area contributed by atoms with Gasteiger partial charge in [0, 0.05) is 6.54 Å². The Balaban J connectivity index is 2.81. The lowest BCUT2D eigenvalue weighted by Crippen LogP contribution is -2.54. The maximum absolute atomic E-state index is 12.3. The number of carboxylic acids is 1. The molecule has 1 aliphatic rings. The molecule has 98 valence electrons. The van der Waals surface area contributed by atoms with Crippen molar-refractivity contribution in [3.63, 3.8) is 0 Å². The molecular weight excluding hydrogens is 222 g/mol. The molecular formula is C12H21NO4. The van der Waals surface area contributed by atoms with E-state index in [1.54, 1.807) is 20.8 Å². The summed E-state index contributed by atoms with van der Waals surface area (Å²) in [6.45, 7) is 7.61. The predicted octanol–water partition coefficient (Wildman–Crippen LogP) is 1.12. The van der Waals surface area contributed by atoms with Crippen LogP contribution in [0.4, 0.5) is 0 Å². The summed E-state index contributed by atoms with van der Waals surface area (Å²) in [4.78, 5) is 24.9. The van der Waals surface area contributed by atoms with Gasteiger partial charge in [-0.2, -0.15) is 0 Å². The Kier molecular flexibility index (Phi) is 4.14. The van der Waals surface area contributed by atoms with Crippen molar-refractivity contribution in [1.29, 1.82) is 0 Å². The monoisotopic (exact) mass is 243 g/mol. The van der Waals surface area contributed by atoms with Crippen LogP contribution in [0, 0.1) is 5.92 Å². The van der Waals surface area contributed by atoms with Crippen LogP contribution in [-0.2, 0) is 14.3 Å². The zero-order chi connectivity index (χ0) is 13.2. The molecule has 1 amide bonds. The van der Waals surface area contributed by atoms with Crippen LogP contribution in [0.1, 0.15) is 34.1 Å². The lowest BCUT2D eigenvalue weighted by atomic mass is 9.98. The third-order valence-electron chi connectivity index (χ3n) is 3.33. The van der Waals surface area contributed by atoms with Crippen LogP contribution < -0.4 is 0 Å². The molecule has 0 aromatic rings. The topological polar surface area (TPSA) is 66.8 Å². The van der Waals surface area contributed by atoms with Crippen LogP contribution >= 0.6 is 0 Å². The second kappa shape index (κ2) is 5.04. The summed E-state index contributed by atoms with van der Waals surface area (Å²) in [5, 5.41) is 9.16. The number of nitrogens with zero attached hydrogens (tertiary/aromatic N) is 1. The van der Waals surface area contributed by atoms with E-state index in [1.165, 1.54) is 4.90 Å². The molecule has 1 saturated heterocycles. The van der Waals surface area contributed by atoms with Gasteiger partial charge < -0.3 is 14.7 Å². The highest BCUT2D eigenvalue weighted by Crippen LogP contribution is 2.25. The largest absolute Gasteiger partial charge is 0.480 e. The van der Waals surface area contributed by atoms with Gasteiger partial charge in [-0.05, 0) is 34.1 Å². The number of ether oxygens (including phenoxy) is 1. The summed E-state index contributed by atoms with van der Waals surface area (Å²) in [7, 11) is 0. The summed E-state index contributed by atoms with van der Waals surface area (Å²) < 4.78 is 5.36. The zero-order valence-electron chi connectivity index (χ0n) is 10.9. The second-order valence-electron chi connectivity index (χ2n) is 5.02. The van der Waals surface area contributed by atoms with Crippen molar-refractivity contribution in [3.05, 3.63) is 0 Å². The van der Waals surface area contributed by atoms with Gasteiger partial charge in [0.15, 0.2) is 0 Å². The Labute approximate surface area is 102 Å². The van der Waals surface area contributed by atoms with Gasteiger partial charge in [-0.25, -0.2) is 4.79 Å². The quantitative estimate of drug-likeness (QED) is 0.803. The highest BCUT2D eigenvalue weighted by molar-refractivity contribution is 5.87. The van der Waals surface area contributed by atoms with Crippen molar-refractivity contribution in [2.75, 3.05) is 13.2 Å². The number of aliphatic carboxylic acids is 1. The smallest absolute Gasteiger partial charge is 0.329 e. The molecule has 0 saturated carbocycles. The fourth-order valence-corrected chi connectivity index (χ4v) is 2.15. The molecule has 1 N–H and O–H groups in total. The lowest BCUT2D eigenvalue weighted by Gasteiger charge is -2.35. The van der Waals surface area contributed by atoms with E-state index in [-0.39, 0.29) is 17.9 Å². The van der Waals surface area contributed by atoms with Crippen molar-refractivity contribution < 1.29 is 19.4 Å². The van der Waals surface area contributed by atoms with Crippen LogP contribution in [0.2, 0.25) is 0 Å². The first-order valence-electron chi connectivity index (χ1n) is 5.97. The van der Waals surface area contributed by atoms with Crippen molar-refractivity contribution >= 4 is 11.9 Å². The first-order chi connectivity index (χ1) is 7.80. The summed E-state index contributed by atoms with van der Waals surface area (Å²) in [6.07, 6.45) is 0.751.